The molecule has 0 unspecified atom stereocenters. The molecule has 0 saturated carbocycles. The number of amides is 2. The van der Waals surface area contributed by atoms with Gasteiger partial charge in [-0.1, -0.05) is 42.0 Å². The van der Waals surface area contributed by atoms with Gasteiger partial charge >= 0.3 is 0 Å². The van der Waals surface area contributed by atoms with Gasteiger partial charge in [0.15, 0.2) is 0 Å². The number of hydrogen-bond acceptors (Lipinski definition) is 3. The average Bonchev–Trinajstić information content (AvgIpc) is 2.63. The summed E-state index contributed by atoms with van der Waals surface area (Å²) >= 11 is 0. The normalized spacial score (nSPS) is 17.3. The van der Waals surface area contributed by atoms with Crippen molar-refractivity contribution in [3.63, 3.8) is 0 Å². The highest BCUT2D eigenvalue weighted by atomic mass is 16.2. The molecular weight excluding hydrogens is 314 g/mol. The van der Waals surface area contributed by atoms with E-state index in [1.165, 1.54) is 11.1 Å². The zero-order valence-electron chi connectivity index (χ0n) is 14.5. The number of anilines is 1. The Kier molecular flexibility index (Phi) is 5.14. The topological polar surface area (TPSA) is 70.2 Å². The first kappa shape index (κ1) is 17.2. The van der Waals surface area contributed by atoms with E-state index in [9.17, 15) is 9.59 Å². The summed E-state index contributed by atoms with van der Waals surface area (Å²) in [5.41, 5.74) is 4.25. The summed E-state index contributed by atoms with van der Waals surface area (Å²) in [4.78, 5) is 24.7. The lowest BCUT2D eigenvalue weighted by atomic mass is 9.95. The lowest BCUT2D eigenvalue weighted by molar-refractivity contribution is -0.127. The van der Waals surface area contributed by atoms with Gasteiger partial charge in [-0.2, -0.15) is 0 Å². The average molecular weight is 337 g/mol. The molecule has 0 spiro atoms. The molecule has 130 valence electrons. The molecule has 2 aromatic rings. The molecule has 1 aliphatic rings. The first-order chi connectivity index (χ1) is 12.0. The van der Waals surface area contributed by atoms with Crippen molar-refractivity contribution in [3.8, 4) is 0 Å². The predicted molar refractivity (Wildman–Crippen MR) is 98.2 cm³/mol. The van der Waals surface area contributed by atoms with Crippen LogP contribution in [0.4, 0.5) is 5.69 Å². The van der Waals surface area contributed by atoms with Gasteiger partial charge in [0.2, 0.25) is 11.8 Å². The van der Waals surface area contributed by atoms with Crippen LogP contribution in [0.15, 0.2) is 48.5 Å². The van der Waals surface area contributed by atoms with Crippen molar-refractivity contribution in [3.05, 3.63) is 65.2 Å². The number of nitrogens with one attached hydrogen (secondary N) is 3. The highest BCUT2D eigenvalue weighted by Gasteiger charge is 2.26. The van der Waals surface area contributed by atoms with E-state index in [-0.39, 0.29) is 17.9 Å². The molecule has 1 aliphatic heterocycles. The highest BCUT2D eigenvalue weighted by molar-refractivity contribution is 5.97. The number of aryl methyl sites for hydroxylation is 1. The monoisotopic (exact) mass is 337 g/mol. The van der Waals surface area contributed by atoms with E-state index in [1.54, 1.807) is 6.92 Å². The van der Waals surface area contributed by atoms with E-state index in [4.69, 9.17) is 0 Å². The summed E-state index contributed by atoms with van der Waals surface area (Å²) < 4.78 is 0. The Hall–Kier alpha value is -2.66. The molecule has 2 aromatic carbocycles. The maximum Gasteiger partial charge on any atom is 0.246 e. The standard InChI is InChI=1S/C20H23N3O2/c1-13-7-9-17(10-8-13)23-19(24)14(2)22-20(25)18-11-15-5-3-4-6-16(15)12-21-18/h3-10,14,18,21H,11-12H2,1-2H3,(H,22,25)(H,23,24)/t14-,18+/m0/s1. The van der Waals surface area contributed by atoms with E-state index in [0.717, 1.165) is 11.3 Å². The number of carbonyl (C=O) groups is 2. The molecule has 25 heavy (non-hydrogen) atoms. The fourth-order valence-electron chi connectivity index (χ4n) is 2.91. The maximum absolute atomic E-state index is 12.5. The number of rotatable bonds is 4. The summed E-state index contributed by atoms with van der Waals surface area (Å²) in [6.07, 6.45) is 0.633. The van der Waals surface area contributed by atoms with Crippen LogP contribution >= 0.6 is 0 Å². The molecule has 5 heteroatoms. The smallest absolute Gasteiger partial charge is 0.246 e. The van der Waals surface area contributed by atoms with Crippen LogP contribution in [0, 0.1) is 6.92 Å². The van der Waals surface area contributed by atoms with Crippen molar-refractivity contribution in [2.45, 2.75) is 38.9 Å². The van der Waals surface area contributed by atoms with Gasteiger partial charge in [0.25, 0.3) is 0 Å². The predicted octanol–water partition coefficient (Wildman–Crippen LogP) is 2.15. The zero-order chi connectivity index (χ0) is 17.8. The molecule has 2 atom stereocenters. The second-order valence-corrected chi connectivity index (χ2v) is 6.49. The molecule has 5 nitrogen and oxygen atoms in total. The van der Waals surface area contributed by atoms with Gasteiger partial charge in [0.05, 0.1) is 6.04 Å². The highest BCUT2D eigenvalue weighted by Crippen LogP contribution is 2.16. The number of hydrogen-bond donors (Lipinski definition) is 3. The number of benzene rings is 2. The van der Waals surface area contributed by atoms with Crippen LogP contribution in [0.3, 0.4) is 0 Å². The molecule has 0 fully saturated rings. The molecule has 0 radical (unpaired) electrons. The molecule has 1 heterocycles. The SMILES string of the molecule is Cc1ccc(NC(=O)[C@H](C)NC(=O)[C@H]2Cc3ccccc3CN2)cc1. The third-order valence-electron chi connectivity index (χ3n) is 4.47. The van der Waals surface area contributed by atoms with Crippen molar-refractivity contribution in [2.24, 2.45) is 0 Å². The lowest BCUT2D eigenvalue weighted by Gasteiger charge is -2.26. The summed E-state index contributed by atoms with van der Waals surface area (Å²) in [5, 5.41) is 8.85. The molecule has 3 rings (SSSR count). The van der Waals surface area contributed by atoms with Gasteiger partial charge in [-0.05, 0) is 43.5 Å². The number of carbonyl (C=O) groups excluding carboxylic acids is 2. The van der Waals surface area contributed by atoms with Crippen LogP contribution in [-0.4, -0.2) is 23.9 Å². The second-order valence-electron chi connectivity index (χ2n) is 6.49. The maximum atomic E-state index is 12.5. The summed E-state index contributed by atoms with van der Waals surface area (Å²) in [6.45, 7) is 4.35. The Bertz CT molecular complexity index is 771. The Balaban J connectivity index is 1.55. The minimum atomic E-state index is -0.604. The molecule has 0 aliphatic carbocycles. The molecule has 0 saturated heterocycles. The molecule has 0 aromatic heterocycles. The fraction of sp³-hybridized carbons (Fsp3) is 0.300. The van der Waals surface area contributed by atoms with Crippen molar-refractivity contribution in [2.75, 3.05) is 5.32 Å². The van der Waals surface area contributed by atoms with E-state index in [2.05, 4.69) is 22.0 Å². The molecule has 3 N–H and O–H groups in total. The lowest BCUT2D eigenvalue weighted by Crippen LogP contribution is -2.52. The van der Waals surface area contributed by atoms with Gasteiger partial charge < -0.3 is 16.0 Å². The van der Waals surface area contributed by atoms with Gasteiger partial charge in [0.1, 0.15) is 6.04 Å². The van der Waals surface area contributed by atoms with Crippen molar-refractivity contribution >= 4 is 17.5 Å². The Morgan fingerprint density at radius 3 is 2.48 bits per heavy atom. The minimum absolute atomic E-state index is 0.152. The first-order valence-corrected chi connectivity index (χ1v) is 8.51. The van der Waals surface area contributed by atoms with Crippen LogP contribution < -0.4 is 16.0 Å². The van der Waals surface area contributed by atoms with Gasteiger partial charge in [-0.25, -0.2) is 0 Å². The van der Waals surface area contributed by atoms with Crippen molar-refractivity contribution in [1.29, 1.82) is 0 Å². The van der Waals surface area contributed by atoms with E-state index in [0.29, 0.717) is 13.0 Å². The van der Waals surface area contributed by atoms with E-state index < -0.39 is 6.04 Å². The van der Waals surface area contributed by atoms with E-state index >= 15 is 0 Å². The first-order valence-electron chi connectivity index (χ1n) is 8.51. The summed E-state index contributed by atoms with van der Waals surface area (Å²) in [7, 11) is 0. The van der Waals surface area contributed by atoms with Crippen LogP contribution in [0.1, 0.15) is 23.6 Å². The third-order valence-corrected chi connectivity index (χ3v) is 4.47. The second kappa shape index (κ2) is 7.49. The number of fused-ring (bicyclic) bond motifs is 1. The minimum Gasteiger partial charge on any atom is -0.343 e. The fourth-order valence-corrected chi connectivity index (χ4v) is 2.91. The largest absolute Gasteiger partial charge is 0.343 e. The molecule has 2 amide bonds. The quantitative estimate of drug-likeness (QED) is 0.801. The Morgan fingerprint density at radius 2 is 1.76 bits per heavy atom. The van der Waals surface area contributed by atoms with Crippen LogP contribution in [0.5, 0.6) is 0 Å². The molecular formula is C20H23N3O2. The van der Waals surface area contributed by atoms with Crippen LogP contribution in [0.2, 0.25) is 0 Å². The van der Waals surface area contributed by atoms with Gasteiger partial charge in [-0.3, -0.25) is 9.59 Å². The van der Waals surface area contributed by atoms with Crippen LogP contribution in [0.25, 0.3) is 0 Å². The Labute approximate surface area is 147 Å². The van der Waals surface area contributed by atoms with Gasteiger partial charge in [-0.15, -0.1) is 0 Å². The van der Waals surface area contributed by atoms with Crippen molar-refractivity contribution in [1.82, 2.24) is 10.6 Å². The third kappa shape index (κ3) is 4.25. The summed E-state index contributed by atoms with van der Waals surface area (Å²) in [6, 6.07) is 14.7. The van der Waals surface area contributed by atoms with E-state index in [1.807, 2.05) is 49.4 Å². The van der Waals surface area contributed by atoms with Gasteiger partial charge in [0, 0.05) is 12.2 Å². The summed E-state index contributed by atoms with van der Waals surface area (Å²) in [5.74, 6) is -0.380. The van der Waals surface area contributed by atoms with Crippen molar-refractivity contribution < 1.29 is 9.59 Å². The zero-order valence-corrected chi connectivity index (χ0v) is 14.5. The van der Waals surface area contributed by atoms with Crippen LogP contribution in [-0.2, 0) is 22.6 Å². The Morgan fingerprint density at radius 1 is 1.08 bits per heavy atom. The molecule has 0 bridgehead atoms.